The van der Waals surface area contributed by atoms with E-state index in [1.54, 1.807) is 30.3 Å². The summed E-state index contributed by atoms with van der Waals surface area (Å²) in [7, 11) is -2.53. The van der Waals surface area contributed by atoms with Crippen LogP contribution in [0, 0.1) is 6.92 Å². The van der Waals surface area contributed by atoms with Crippen LogP contribution in [-0.2, 0) is 20.2 Å². The van der Waals surface area contributed by atoms with Crippen molar-refractivity contribution >= 4 is 49.7 Å². The highest BCUT2D eigenvalue weighted by atomic mass is 32.2. The fraction of sp³-hybridized carbons (Fsp3) is 0.333. The second-order valence-electron chi connectivity index (χ2n) is 7.05. The van der Waals surface area contributed by atoms with Gasteiger partial charge in [0, 0.05) is 4.88 Å². The van der Waals surface area contributed by atoms with Crippen molar-refractivity contribution in [3.63, 3.8) is 0 Å². The van der Waals surface area contributed by atoms with E-state index in [4.69, 9.17) is 17.0 Å². The van der Waals surface area contributed by atoms with Gasteiger partial charge in [-0.2, -0.15) is 0 Å². The molecule has 0 fully saturated rings. The van der Waals surface area contributed by atoms with Gasteiger partial charge in [0.1, 0.15) is 5.00 Å². The average molecular weight is 442 g/mol. The Balaban J connectivity index is 2.05. The molecular weight excluding hydrogens is 418 g/mol. The lowest BCUT2D eigenvalue weighted by atomic mass is 9.87. The molecule has 1 aromatic carbocycles. The molecule has 0 unspecified atom stereocenters. The molecule has 7 nitrogen and oxygen atoms in total. The van der Waals surface area contributed by atoms with Crippen molar-refractivity contribution in [1.29, 1.82) is 0 Å². The van der Waals surface area contributed by atoms with Crippen LogP contribution >= 0.6 is 23.6 Å². The topological polar surface area (TPSA) is 96.5 Å². The number of esters is 1. The minimum absolute atomic E-state index is 0.00175. The van der Waals surface area contributed by atoms with E-state index in [1.807, 2.05) is 6.92 Å². The third kappa shape index (κ3) is 5.51. The summed E-state index contributed by atoms with van der Waals surface area (Å²) in [4.78, 5) is 15.0. The predicted molar refractivity (Wildman–Crippen MR) is 115 cm³/mol. The first-order valence-corrected chi connectivity index (χ1v) is 11.0. The summed E-state index contributed by atoms with van der Waals surface area (Å²) in [5, 5.41) is 3.28. The number of hydrogen-bond donors (Lipinski definition) is 3. The number of ether oxygens (including phenoxy) is 1. The molecule has 28 heavy (non-hydrogen) atoms. The van der Waals surface area contributed by atoms with Crippen LogP contribution in [0.3, 0.4) is 0 Å². The number of methoxy groups -OCH3 is 1. The van der Waals surface area contributed by atoms with Crippen molar-refractivity contribution in [3.8, 4) is 0 Å². The van der Waals surface area contributed by atoms with Crippen LogP contribution in [0.1, 0.15) is 41.6 Å². The van der Waals surface area contributed by atoms with Gasteiger partial charge in [-0.05, 0) is 48.3 Å². The fourth-order valence-corrected chi connectivity index (χ4v) is 4.34. The van der Waals surface area contributed by atoms with Crippen LogP contribution in [0.25, 0.3) is 0 Å². The van der Waals surface area contributed by atoms with E-state index in [9.17, 15) is 13.2 Å². The molecule has 0 saturated heterocycles. The lowest BCUT2D eigenvalue weighted by molar-refractivity contribution is 0.0602. The Morgan fingerprint density at radius 2 is 1.79 bits per heavy atom. The number of rotatable bonds is 5. The van der Waals surface area contributed by atoms with Crippen LogP contribution in [0.5, 0.6) is 0 Å². The van der Waals surface area contributed by atoms with E-state index in [0.717, 1.165) is 10.4 Å². The minimum Gasteiger partial charge on any atom is -0.465 e. The molecule has 152 valence electrons. The number of aryl methyl sites for hydroxylation is 1. The van der Waals surface area contributed by atoms with Crippen molar-refractivity contribution in [1.82, 2.24) is 10.3 Å². The first kappa shape index (κ1) is 22.3. The summed E-state index contributed by atoms with van der Waals surface area (Å²) in [5.74, 6) is -0.505. The lowest BCUT2D eigenvalue weighted by Crippen LogP contribution is -2.43. The number of thiocarbonyl (C=S) groups is 1. The maximum absolute atomic E-state index is 12.4. The summed E-state index contributed by atoms with van der Waals surface area (Å²) in [5.41, 5.74) is 3.73. The van der Waals surface area contributed by atoms with Crippen molar-refractivity contribution in [2.24, 2.45) is 0 Å². The molecule has 2 aromatic rings. The van der Waals surface area contributed by atoms with Gasteiger partial charge in [-0.1, -0.05) is 32.9 Å². The standard InChI is InChI=1S/C18H23N3O4S3/c1-11-10-14(16(22)25-5)15(27-11)19-17(26)20-21-28(23,24)13-8-6-12(7-9-13)18(2,3)4/h6-10,21H,1-5H3,(H2,19,20,26). The van der Waals surface area contributed by atoms with Crippen LogP contribution in [0.15, 0.2) is 35.2 Å². The zero-order chi connectivity index (χ0) is 21.1. The van der Waals surface area contributed by atoms with Gasteiger partial charge in [0.25, 0.3) is 10.0 Å². The lowest BCUT2D eigenvalue weighted by Gasteiger charge is -2.19. The molecule has 0 spiro atoms. The molecule has 0 aliphatic heterocycles. The SMILES string of the molecule is COC(=O)c1cc(C)sc1NC(=S)NNS(=O)(=O)c1ccc(C(C)(C)C)cc1. The maximum atomic E-state index is 12.4. The van der Waals surface area contributed by atoms with Gasteiger partial charge in [0.2, 0.25) is 0 Å². The zero-order valence-corrected chi connectivity index (χ0v) is 18.7. The first-order valence-electron chi connectivity index (χ1n) is 8.32. The number of carbonyl (C=O) groups is 1. The number of thiophene rings is 1. The molecule has 2 rings (SSSR count). The second-order valence-corrected chi connectivity index (χ2v) is 10.4. The minimum atomic E-state index is -3.81. The molecule has 0 radical (unpaired) electrons. The van der Waals surface area contributed by atoms with E-state index in [-0.39, 0.29) is 15.4 Å². The Bertz CT molecular complexity index is 974. The molecule has 1 aromatic heterocycles. The zero-order valence-electron chi connectivity index (χ0n) is 16.2. The summed E-state index contributed by atoms with van der Waals surface area (Å²) in [6, 6.07) is 8.31. The Morgan fingerprint density at radius 3 is 2.32 bits per heavy atom. The van der Waals surface area contributed by atoms with E-state index >= 15 is 0 Å². The summed E-state index contributed by atoms with van der Waals surface area (Å²) in [6.07, 6.45) is 0. The first-order chi connectivity index (χ1) is 12.9. The Kier molecular flexibility index (Phi) is 6.81. The molecule has 0 bridgehead atoms. The second kappa shape index (κ2) is 8.56. The summed E-state index contributed by atoms with van der Waals surface area (Å²) in [6.45, 7) is 7.99. The molecule has 0 amide bonds. The number of sulfonamides is 1. The third-order valence-corrected chi connectivity index (χ3v) is 6.25. The van der Waals surface area contributed by atoms with Gasteiger partial charge >= 0.3 is 5.97 Å². The van der Waals surface area contributed by atoms with E-state index in [2.05, 4.69) is 36.3 Å². The number of hydrogen-bond acceptors (Lipinski definition) is 6. The van der Waals surface area contributed by atoms with Crippen molar-refractivity contribution in [2.45, 2.75) is 38.0 Å². The number of anilines is 1. The Morgan fingerprint density at radius 1 is 1.18 bits per heavy atom. The largest absolute Gasteiger partial charge is 0.465 e. The molecule has 3 N–H and O–H groups in total. The smallest absolute Gasteiger partial charge is 0.340 e. The maximum Gasteiger partial charge on any atom is 0.340 e. The van der Waals surface area contributed by atoms with Crippen molar-refractivity contribution < 1.29 is 17.9 Å². The monoisotopic (exact) mass is 441 g/mol. The molecule has 0 aliphatic rings. The Hall–Kier alpha value is -2.01. The molecular formula is C18H23N3O4S3. The normalized spacial score (nSPS) is 11.8. The number of carbonyl (C=O) groups excluding carboxylic acids is 1. The molecule has 10 heteroatoms. The van der Waals surface area contributed by atoms with Gasteiger partial charge in [-0.15, -0.1) is 16.2 Å². The number of nitrogens with one attached hydrogen (secondary N) is 3. The molecule has 0 aliphatic carbocycles. The molecule has 0 atom stereocenters. The van der Waals surface area contributed by atoms with Gasteiger partial charge < -0.3 is 10.1 Å². The summed E-state index contributed by atoms with van der Waals surface area (Å²) >= 11 is 6.42. The van der Waals surface area contributed by atoms with Gasteiger partial charge in [-0.3, -0.25) is 5.43 Å². The quantitative estimate of drug-likeness (QED) is 0.372. The highest BCUT2D eigenvalue weighted by Gasteiger charge is 2.19. The highest BCUT2D eigenvalue weighted by molar-refractivity contribution is 7.89. The summed E-state index contributed by atoms with van der Waals surface area (Å²) < 4.78 is 29.6. The third-order valence-electron chi connectivity index (χ3n) is 3.82. The van der Waals surface area contributed by atoms with Crippen LogP contribution in [-0.4, -0.2) is 26.6 Å². The molecule has 1 heterocycles. The predicted octanol–water partition coefficient (Wildman–Crippen LogP) is 3.32. The van der Waals surface area contributed by atoms with Gasteiger partial charge in [0.05, 0.1) is 17.6 Å². The van der Waals surface area contributed by atoms with Gasteiger partial charge in [0.15, 0.2) is 5.11 Å². The average Bonchev–Trinajstić information content (AvgIpc) is 2.99. The fourth-order valence-electron chi connectivity index (χ4n) is 2.31. The highest BCUT2D eigenvalue weighted by Crippen LogP contribution is 2.28. The Labute approximate surface area is 174 Å². The van der Waals surface area contributed by atoms with E-state index < -0.39 is 16.0 Å². The number of hydrazine groups is 1. The van der Waals surface area contributed by atoms with Crippen LogP contribution in [0.4, 0.5) is 5.00 Å². The number of benzene rings is 1. The van der Waals surface area contributed by atoms with Gasteiger partial charge in [-0.25, -0.2) is 13.2 Å². The molecule has 0 saturated carbocycles. The van der Waals surface area contributed by atoms with E-state index in [0.29, 0.717) is 10.6 Å². The van der Waals surface area contributed by atoms with Crippen molar-refractivity contribution in [3.05, 3.63) is 46.3 Å². The van der Waals surface area contributed by atoms with Crippen LogP contribution in [0.2, 0.25) is 0 Å². The van der Waals surface area contributed by atoms with Crippen LogP contribution < -0.4 is 15.6 Å². The van der Waals surface area contributed by atoms with E-state index in [1.165, 1.54) is 18.4 Å². The van der Waals surface area contributed by atoms with Crippen molar-refractivity contribution in [2.75, 3.05) is 12.4 Å².